The number of halogens is 4. The number of nitrogens with one attached hydrogen (secondary N) is 1. The maximum atomic E-state index is 11.8. The lowest BCUT2D eigenvalue weighted by molar-refractivity contribution is -0.276. The third kappa shape index (κ3) is 3.26. The first-order valence-corrected chi connectivity index (χ1v) is 5.00. The third-order valence-corrected chi connectivity index (χ3v) is 2.25. The van der Waals surface area contributed by atoms with E-state index in [4.69, 9.17) is 0 Å². The van der Waals surface area contributed by atoms with Crippen LogP contribution in [0.4, 0.5) is 13.2 Å². The second-order valence-corrected chi connectivity index (χ2v) is 3.37. The van der Waals surface area contributed by atoms with Gasteiger partial charge in [0.1, 0.15) is 0 Å². The van der Waals surface area contributed by atoms with Gasteiger partial charge in [0.15, 0.2) is 0 Å². The van der Waals surface area contributed by atoms with E-state index in [-0.39, 0.29) is 5.33 Å². The quantitative estimate of drug-likeness (QED) is 0.849. The van der Waals surface area contributed by atoms with Gasteiger partial charge in [-0.25, -0.2) is 0 Å². The summed E-state index contributed by atoms with van der Waals surface area (Å²) in [5, 5.41) is 0.278. The molecule has 7 heteroatoms. The molecular weight excluding hydrogens is 279 g/mol. The highest BCUT2D eigenvalue weighted by atomic mass is 79.9. The maximum Gasteiger partial charge on any atom is 0.574 e. The number of aryl methyl sites for hydroxylation is 1. The molecule has 0 spiro atoms. The molecule has 1 rings (SSSR count). The number of pyridine rings is 1. The van der Waals surface area contributed by atoms with Crippen molar-refractivity contribution in [3.05, 3.63) is 27.5 Å². The number of aromatic amines is 1. The van der Waals surface area contributed by atoms with Crippen LogP contribution in [0.2, 0.25) is 0 Å². The van der Waals surface area contributed by atoms with Crippen LogP contribution in [0.25, 0.3) is 0 Å². The van der Waals surface area contributed by atoms with Gasteiger partial charge in [-0.1, -0.05) is 15.9 Å². The molecule has 1 N–H and O–H groups in total. The van der Waals surface area contributed by atoms with Crippen LogP contribution >= 0.6 is 15.9 Å². The zero-order valence-corrected chi connectivity index (χ0v) is 9.20. The molecule has 0 aliphatic carbocycles. The fraction of sp³-hybridized carbons (Fsp3) is 0.375. The topological polar surface area (TPSA) is 42.1 Å². The predicted octanol–water partition coefficient (Wildman–Crippen LogP) is 2.48. The lowest BCUT2D eigenvalue weighted by atomic mass is 10.2. The summed E-state index contributed by atoms with van der Waals surface area (Å²) < 4.78 is 39.1. The highest BCUT2D eigenvalue weighted by molar-refractivity contribution is 9.08. The Balaban J connectivity index is 3.10. The van der Waals surface area contributed by atoms with Crippen molar-refractivity contribution in [1.29, 1.82) is 0 Å². The molecule has 0 fully saturated rings. The fourth-order valence-electron chi connectivity index (χ4n) is 1.03. The lowest BCUT2D eigenvalue weighted by Crippen LogP contribution is -2.21. The van der Waals surface area contributed by atoms with E-state index in [1.54, 1.807) is 0 Å². The summed E-state index contributed by atoms with van der Waals surface area (Å²) in [5.41, 5.74) is 0.227. The molecule has 0 saturated heterocycles. The van der Waals surface area contributed by atoms with Crippen LogP contribution in [0, 0.1) is 6.92 Å². The van der Waals surface area contributed by atoms with Crippen LogP contribution in [-0.2, 0) is 5.33 Å². The Morgan fingerprint density at radius 2 is 2.13 bits per heavy atom. The van der Waals surface area contributed by atoms with Gasteiger partial charge in [-0.15, -0.1) is 13.2 Å². The van der Waals surface area contributed by atoms with Crippen molar-refractivity contribution in [2.75, 3.05) is 0 Å². The molecule has 1 heterocycles. The number of hydrogen-bond acceptors (Lipinski definition) is 2. The summed E-state index contributed by atoms with van der Waals surface area (Å²) in [7, 11) is 0. The normalized spacial score (nSPS) is 11.5. The van der Waals surface area contributed by atoms with Crippen molar-refractivity contribution in [3.63, 3.8) is 0 Å². The molecule has 0 radical (unpaired) electrons. The molecular formula is C8H7BrF3NO2. The fourth-order valence-corrected chi connectivity index (χ4v) is 1.73. The van der Waals surface area contributed by atoms with E-state index >= 15 is 0 Å². The minimum Gasteiger partial charge on any atom is -0.390 e. The van der Waals surface area contributed by atoms with Crippen LogP contribution in [0.5, 0.6) is 5.88 Å². The van der Waals surface area contributed by atoms with Crippen LogP contribution in [0.1, 0.15) is 11.1 Å². The van der Waals surface area contributed by atoms with Crippen molar-refractivity contribution in [2.45, 2.75) is 18.6 Å². The SMILES string of the molecule is Cc1cc(OC(F)(F)F)[nH]c(=O)c1CBr. The second-order valence-electron chi connectivity index (χ2n) is 2.81. The predicted molar refractivity (Wildman–Crippen MR) is 51.1 cm³/mol. The summed E-state index contributed by atoms with van der Waals surface area (Å²) in [6.07, 6.45) is -4.80. The van der Waals surface area contributed by atoms with Gasteiger partial charge < -0.3 is 4.74 Å². The molecule has 1 aromatic rings. The number of rotatable bonds is 2. The van der Waals surface area contributed by atoms with Crippen molar-refractivity contribution >= 4 is 15.9 Å². The minimum atomic E-state index is -4.80. The van der Waals surface area contributed by atoms with E-state index in [1.165, 1.54) is 6.92 Å². The zero-order chi connectivity index (χ0) is 11.6. The number of H-pyrrole nitrogens is 1. The van der Waals surface area contributed by atoms with E-state index in [2.05, 4.69) is 20.7 Å². The Kier molecular flexibility index (Phi) is 3.43. The molecule has 15 heavy (non-hydrogen) atoms. The molecule has 0 unspecified atom stereocenters. The minimum absolute atomic E-state index is 0.278. The average molecular weight is 286 g/mol. The summed E-state index contributed by atoms with van der Waals surface area (Å²) in [5.74, 6) is -0.602. The van der Waals surface area contributed by atoms with Crippen molar-refractivity contribution in [3.8, 4) is 5.88 Å². The summed E-state index contributed by atoms with van der Waals surface area (Å²) in [6, 6.07) is 1.13. The molecule has 84 valence electrons. The van der Waals surface area contributed by atoms with Gasteiger partial charge >= 0.3 is 6.36 Å². The van der Waals surface area contributed by atoms with E-state index in [0.29, 0.717) is 11.1 Å². The molecule has 0 aromatic carbocycles. The van der Waals surface area contributed by atoms with Gasteiger partial charge in [0, 0.05) is 17.0 Å². The van der Waals surface area contributed by atoms with E-state index in [0.717, 1.165) is 6.07 Å². The van der Waals surface area contributed by atoms with Crippen molar-refractivity contribution in [1.82, 2.24) is 4.98 Å². The first-order chi connectivity index (χ1) is 6.83. The van der Waals surface area contributed by atoms with Gasteiger partial charge in [-0.2, -0.15) is 0 Å². The Bertz CT molecular complexity index is 413. The molecule has 1 aromatic heterocycles. The molecule has 0 amide bonds. The highest BCUT2D eigenvalue weighted by Gasteiger charge is 2.31. The summed E-state index contributed by atoms with van der Waals surface area (Å²) in [4.78, 5) is 13.2. The van der Waals surface area contributed by atoms with Crippen molar-refractivity contribution in [2.24, 2.45) is 0 Å². The standard InChI is InChI=1S/C8H7BrF3NO2/c1-4-2-6(15-8(10,11)12)13-7(14)5(4)3-9/h2H,3H2,1H3,(H,13,14). The van der Waals surface area contributed by atoms with Crippen LogP contribution in [0.15, 0.2) is 10.9 Å². The zero-order valence-electron chi connectivity index (χ0n) is 7.61. The van der Waals surface area contributed by atoms with Crippen LogP contribution < -0.4 is 10.3 Å². The number of ether oxygens (including phenoxy) is 1. The largest absolute Gasteiger partial charge is 0.574 e. The molecule has 0 saturated carbocycles. The monoisotopic (exact) mass is 285 g/mol. The first-order valence-electron chi connectivity index (χ1n) is 3.88. The molecule has 3 nitrogen and oxygen atoms in total. The van der Waals surface area contributed by atoms with Crippen molar-refractivity contribution < 1.29 is 17.9 Å². The summed E-state index contributed by atoms with van der Waals surface area (Å²) in [6.45, 7) is 1.54. The highest BCUT2D eigenvalue weighted by Crippen LogP contribution is 2.21. The van der Waals surface area contributed by atoms with Crippen LogP contribution in [-0.4, -0.2) is 11.3 Å². The van der Waals surface area contributed by atoms with E-state index in [1.807, 2.05) is 4.98 Å². The van der Waals surface area contributed by atoms with Gasteiger partial charge in [0.05, 0.1) is 0 Å². The Labute approximate surface area is 91.4 Å². The number of alkyl halides is 4. The Hall–Kier alpha value is -0.980. The van der Waals surface area contributed by atoms with Crippen LogP contribution in [0.3, 0.4) is 0 Å². The van der Waals surface area contributed by atoms with E-state index in [9.17, 15) is 18.0 Å². The van der Waals surface area contributed by atoms with Gasteiger partial charge in [0.25, 0.3) is 5.56 Å². The van der Waals surface area contributed by atoms with E-state index < -0.39 is 17.8 Å². The smallest absolute Gasteiger partial charge is 0.390 e. The number of aromatic nitrogens is 1. The summed E-state index contributed by atoms with van der Waals surface area (Å²) >= 11 is 3.06. The maximum absolute atomic E-state index is 11.8. The molecule has 0 bridgehead atoms. The van der Waals surface area contributed by atoms with Gasteiger partial charge in [-0.3, -0.25) is 9.78 Å². The third-order valence-electron chi connectivity index (χ3n) is 1.69. The van der Waals surface area contributed by atoms with Gasteiger partial charge in [0.2, 0.25) is 5.88 Å². The van der Waals surface area contributed by atoms with Gasteiger partial charge in [-0.05, 0) is 12.5 Å². The molecule has 0 aliphatic rings. The lowest BCUT2D eigenvalue weighted by Gasteiger charge is -2.09. The first kappa shape index (κ1) is 12.1. The Morgan fingerprint density at radius 3 is 2.53 bits per heavy atom. The molecule has 0 aliphatic heterocycles. The Morgan fingerprint density at radius 1 is 1.53 bits per heavy atom. The average Bonchev–Trinajstić information content (AvgIpc) is 1.99. The number of hydrogen-bond donors (Lipinski definition) is 1. The second kappa shape index (κ2) is 4.26. The molecule has 0 atom stereocenters.